The van der Waals surface area contributed by atoms with Crippen molar-refractivity contribution in [2.75, 3.05) is 6.54 Å². The van der Waals surface area contributed by atoms with Crippen LogP contribution in [0.15, 0.2) is 30.3 Å². The van der Waals surface area contributed by atoms with Gasteiger partial charge < -0.3 is 10.1 Å². The maximum atomic E-state index is 11.8. The summed E-state index contributed by atoms with van der Waals surface area (Å²) in [6.07, 6.45) is 2.41. The van der Waals surface area contributed by atoms with E-state index in [4.69, 9.17) is 4.74 Å². The number of benzene rings is 1. The molecule has 1 fully saturated rings. The first-order chi connectivity index (χ1) is 8.59. The van der Waals surface area contributed by atoms with E-state index < -0.39 is 0 Å². The molecule has 0 amide bonds. The van der Waals surface area contributed by atoms with Gasteiger partial charge in [0.05, 0.1) is 5.92 Å². The minimum Gasteiger partial charge on any atom is -0.461 e. The van der Waals surface area contributed by atoms with Crippen LogP contribution in [-0.4, -0.2) is 18.1 Å². The zero-order chi connectivity index (χ0) is 13.0. The number of ether oxygens (including phenoxy) is 1. The first-order valence-corrected chi connectivity index (χ1v) is 6.55. The average molecular weight is 247 g/mol. The van der Waals surface area contributed by atoms with Gasteiger partial charge in [-0.2, -0.15) is 0 Å². The molecule has 1 atom stereocenters. The van der Waals surface area contributed by atoms with Crippen molar-refractivity contribution in [3.8, 4) is 0 Å². The number of hydrogen-bond acceptors (Lipinski definition) is 3. The second kappa shape index (κ2) is 5.53. The van der Waals surface area contributed by atoms with Crippen LogP contribution in [0.2, 0.25) is 0 Å². The Bertz CT molecular complexity index is 398. The molecule has 1 unspecified atom stereocenters. The second-order valence-electron chi connectivity index (χ2n) is 5.44. The molecule has 0 spiro atoms. The van der Waals surface area contributed by atoms with E-state index in [1.54, 1.807) is 0 Å². The molecule has 0 radical (unpaired) electrons. The van der Waals surface area contributed by atoms with E-state index in [1.165, 1.54) is 12.8 Å². The van der Waals surface area contributed by atoms with E-state index in [1.807, 2.05) is 37.3 Å². The zero-order valence-electron chi connectivity index (χ0n) is 11.1. The fourth-order valence-electron chi connectivity index (χ4n) is 1.72. The van der Waals surface area contributed by atoms with Crippen LogP contribution in [-0.2, 0) is 16.1 Å². The summed E-state index contributed by atoms with van der Waals surface area (Å²) in [6.45, 7) is 5.16. The Morgan fingerprint density at radius 3 is 2.67 bits per heavy atom. The van der Waals surface area contributed by atoms with Crippen molar-refractivity contribution >= 4 is 5.97 Å². The van der Waals surface area contributed by atoms with Crippen molar-refractivity contribution in [3.63, 3.8) is 0 Å². The molecule has 18 heavy (non-hydrogen) atoms. The molecule has 1 aliphatic carbocycles. The summed E-state index contributed by atoms with van der Waals surface area (Å²) in [5.41, 5.74) is 1.30. The van der Waals surface area contributed by atoms with E-state index in [-0.39, 0.29) is 17.4 Å². The van der Waals surface area contributed by atoms with Crippen molar-refractivity contribution in [1.82, 2.24) is 5.32 Å². The maximum Gasteiger partial charge on any atom is 0.310 e. The molecule has 0 heterocycles. The number of hydrogen-bond donors (Lipinski definition) is 1. The smallest absolute Gasteiger partial charge is 0.310 e. The molecule has 1 aliphatic rings. The fourth-order valence-corrected chi connectivity index (χ4v) is 1.72. The van der Waals surface area contributed by atoms with Crippen molar-refractivity contribution in [2.24, 2.45) is 5.92 Å². The van der Waals surface area contributed by atoms with E-state index in [0.717, 1.165) is 5.56 Å². The summed E-state index contributed by atoms with van der Waals surface area (Å²) in [5.74, 6) is -0.221. The Hall–Kier alpha value is -1.35. The van der Waals surface area contributed by atoms with Gasteiger partial charge in [0, 0.05) is 12.1 Å². The summed E-state index contributed by atoms with van der Waals surface area (Å²) < 4.78 is 5.30. The van der Waals surface area contributed by atoms with Crippen LogP contribution in [0.1, 0.15) is 32.3 Å². The van der Waals surface area contributed by atoms with Crippen LogP contribution in [0.25, 0.3) is 0 Å². The minimum atomic E-state index is -0.129. The topological polar surface area (TPSA) is 38.3 Å². The Labute approximate surface area is 109 Å². The molecule has 1 saturated carbocycles. The lowest BCUT2D eigenvalue weighted by molar-refractivity contribution is -0.149. The lowest BCUT2D eigenvalue weighted by atomic mass is 10.1. The van der Waals surface area contributed by atoms with Crippen LogP contribution >= 0.6 is 0 Å². The molecule has 1 N–H and O–H groups in total. The predicted molar refractivity (Wildman–Crippen MR) is 71.0 cm³/mol. The van der Waals surface area contributed by atoms with Crippen molar-refractivity contribution < 1.29 is 9.53 Å². The number of carbonyl (C=O) groups is 1. The number of carbonyl (C=O) groups excluding carboxylic acids is 1. The van der Waals surface area contributed by atoms with Crippen LogP contribution in [0.4, 0.5) is 0 Å². The predicted octanol–water partition coefficient (Wildman–Crippen LogP) is 2.51. The molecular weight excluding hydrogens is 226 g/mol. The number of rotatable bonds is 6. The summed E-state index contributed by atoms with van der Waals surface area (Å²) in [7, 11) is 0. The summed E-state index contributed by atoms with van der Waals surface area (Å²) in [4.78, 5) is 11.8. The molecule has 98 valence electrons. The molecule has 0 saturated heterocycles. The molecule has 1 aromatic rings. The Morgan fingerprint density at radius 2 is 2.06 bits per heavy atom. The Morgan fingerprint density at radius 1 is 1.39 bits per heavy atom. The van der Waals surface area contributed by atoms with Gasteiger partial charge in [0.15, 0.2) is 0 Å². The second-order valence-corrected chi connectivity index (χ2v) is 5.44. The van der Waals surface area contributed by atoms with Gasteiger partial charge in [0.2, 0.25) is 0 Å². The van der Waals surface area contributed by atoms with Gasteiger partial charge in [-0.15, -0.1) is 0 Å². The quantitative estimate of drug-likeness (QED) is 0.785. The van der Waals surface area contributed by atoms with Crippen LogP contribution in [0.3, 0.4) is 0 Å². The highest BCUT2D eigenvalue weighted by Gasteiger charge is 2.37. The molecule has 0 bridgehead atoms. The van der Waals surface area contributed by atoms with Crippen LogP contribution in [0, 0.1) is 5.92 Å². The Balaban J connectivity index is 1.70. The first-order valence-electron chi connectivity index (χ1n) is 6.55. The molecule has 0 aliphatic heterocycles. The molecule has 1 aromatic carbocycles. The lowest BCUT2D eigenvalue weighted by Crippen LogP contribution is -2.35. The van der Waals surface area contributed by atoms with Crippen LogP contribution in [0.5, 0.6) is 0 Å². The normalized spacial score (nSPS) is 18.1. The average Bonchev–Trinajstić information content (AvgIpc) is 3.13. The van der Waals surface area contributed by atoms with E-state index >= 15 is 0 Å². The third-order valence-electron chi connectivity index (χ3n) is 3.46. The van der Waals surface area contributed by atoms with Crippen molar-refractivity contribution in [1.29, 1.82) is 0 Å². The minimum absolute atomic E-state index is 0.0915. The molecule has 3 nitrogen and oxygen atoms in total. The van der Waals surface area contributed by atoms with Gasteiger partial charge in [0.1, 0.15) is 6.61 Å². The largest absolute Gasteiger partial charge is 0.461 e. The van der Waals surface area contributed by atoms with Crippen molar-refractivity contribution in [3.05, 3.63) is 35.9 Å². The molecule has 0 aromatic heterocycles. The molecule has 2 rings (SSSR count). The summed E-state index contributed by atoms with van der Waals surface area (Å²) in [5, 5.41) is 3.41. The third kappa shape index (κ3) is 3.84. The molecule has 3 heteroatoms. The third-order valence-corrected chi connectivity index (χ3v) is 3.46. The van der Waals surface area contributed by atoms with E-state index in [0.29, 0.717) is 13.2 Å². The standard InChI is InChI=1S/C15H21NO2/c1-12(10-16-15(2)8-9-15)14(17)18-11-13-6-4-3-5-7-13/h3-7,12,16H,8-11H2,1-2H3. The highest BCUT2D eigenvalue weighted by atomic mass is 16.5. The van der Waals surface area contributed by atoms with Gasteiger partial charge in [-0.3, -0.25) is 4.79 Å². The van der Waals surface area contributed by atoms with Crippen LogP contribution < -0.4 is 5.32 Å². The van der Waals surface area contributed by atoms with Gasteiger partial charge in [0.25, 0.3) is 0 Å². The highest BCUT2D eigenvalue weighted by Crippen LogP contribution is 2.34. The van der Waals surface area contributed by atoms with E-state index in [2.05, 4.69) is 12.2 Å². The zero-order valence-corrected chi connectivity index (χ0v) is 11.1. The van der Waals surface area contributed by atoms with Gasteiger partial charge >= 0.3 is 5.97 Å². The lowest BCUT2D eigenvalue weighted by Gasteiger charge is -2.16. The Kier molecular flexibility index (Phi) is 4.02. The maximum absolute atomic E-state index is 11.8. The number of nitrogens with one attached hydrogen (secondary N) is 1. The van der Waals surface area contributed by atoms with Gasteiger partial charge in [-0.1, -0.05) is 37.3 Å². The van der Waals surface area contributed by atoms with Gasteiger partial charge in [-0.05, 0) is 25.3 Å². The summed E-state index contributed by atoms with van der Waals surface area (Å²) in [6, 6.07) is 9.77. The number of esters is 1. The molecular formula is C15H21NO2. The highest BCUT2D eigenvalue weighted by molar-refractivity contribution is 5.72. The monoisotopic (exact) mass is 247 g/mol. The summed E-state index contributed by atoms with van der Waals surface area (Å²) >= 11 is 0. The first kappa shape index (κ1) is 13.1. The fraction of sp³-hybridized carbons (Fsp3) is 0.533. The van der Waals surface area contributed by atoms with Gasteiger partial charge in [-0.25, -0.2) is 0 Å². The SMILES string of the molecule is CC(CNC1(C)CC1)C(=O)OCc1ccccc1. The van der Waals surface area contributed by atoms with Crippen molar-refractivity contribution in [2.45, 2.75) is 38.8 Å². The van der Waals surface area contributed by atoms with E-state index in [9.17, 15) is 4.79 Å².